The van der Waals surface area contributed by atoms with Crippen LogP contribution < -0.4 is 5.46 Å². The lowest BCUT2D eigenvalue weighted by atomic mass is 9.66. The Labute approximate surface area is 722 Å². The second-order valence-corrected chi connectivity index (χ2v) is 36.7. The third-order valence-electron chi connectivity index (χ3n) is 25.0. The van der Waals surface area contributed by atoms with Crippen LogP contribution in [-0.4, -0.2) is 73.2 Å². The zero-order valence-electron chi connectivity index (χ0n) is 69.4. The minimum absolute atomic E-state index is 0.101. The van der Waals surface area contributed by atoms with E-state index in [1.54, 1.807) is 139 Å². The van der Waals surface area contributed by atoms with E-state index in [1.807, 2.05) is 19.9 Å². The highest BCUT2D eigenvalue weighted by atomic mass is 32.2. The maximum absolute atomic E-state index is 13.1. The molecular weight excluding hydrogens is 1560 g/mol. The summed E-state index contributed by atoms with van der Waals surface area (Å²) in [6.07, 6.45) is 20.9. The molecule has 7 aliphatic carbocycles. The molecule has 12 aromatic rings. The van der Waals surface area contributed by atoms with E-state index < -0.39 is 56.5 Å². The lowest BCUT2D eigenvalue weighted by Gasteiger charge is -2.37. The van der Waals surface area contributed by atoms with Crippen LogP contribution in [0.25, 0.3) is 33.4 Å². The summed E-state index contributed by atoms with van der Waals surface area (Å²) in [7, 11) is -8.81. The van der Waals surface area contributed by atoms with Crippen molar-refractivity contribution in [2.45, 2.75) is 76.1 Å². The third kappa shape index (κ3) is 18.3. The number of allylic oxidation sites excluding steroid dienone is 12. The van der Waals surface area contributed by atoms with Gasteiger partial charge in [0.25, 0.3) is 23.6 Å². The first kappa shape index (κ1) is 85.0. The van der Waals surface area contributed by atoms with Crippen LogP contribution in [0, 0.1) is 54.3 Å². The van der Waals surface area contributed by atoms with Crippen molar-refractivity contribution < 1.29 is 46.1 Å². The summed E-state index contributed by atoms with van der Waals surface area (Å²) in [4.78, 5) is 52.5. The predicted molar refractivity (Wildman–Crippen MR) is 494 cm³/mol. The van der Waals surface area contributed by atoms with E-state index in [9.17, 15) is 36.0 Å². The quantitative estimate of drug-likeness (QED) is 0.0740. The molecule has 0 saturated carbocycles. The monoisotopic (exact) mass is 1660 g/mol. The van der Waals surface area contributed by atoms with Crippen molar-refractivity contribution in [3.8, 4) is 0 Å². The lowest BCUT2D eigenvalue weighted by molar-refractivity contribution is 0.0595. The first-order chi connectivity index (χ1) is 59.5. The molecule has 0 saturated heterocycles. The fourth-order valence-electron chi connectivity index (χ4n) is 18.1. The van der Waals surface area contributed by atoms with E-state index in [4.69, 9.17) is 10.0 Å². The molecule has 12 aromatic carbocycles. The molecule has 0 radical (unpaired) electrons. The van der Waals surface area contributed by atoms with Crippen molar-refractivity contribution in [2.75, 3.05) is 5.75 Å². The number of rotatable bonds is 15. The fraction of sp³-hybridized carbons (Fsp3) is 0.167. The van der Waals surface area contributed by atoms with Crippen LogP contribution in [0.1, 0.15) is 144 Å². The SMILES string of the molecule is C1=C(c2ccccc2)C2C=C(c3ccccc3)C1CC2.C1=C(c2ccccc2)[C@@H]2CC=C(c3ccccc3)[C@@H]2C1.CC12C=C(c3ccccc3)C(C=C1c1ccccc1)C2(C)C.Cc1ccc(S(=O)(=O)/C=C/N2C(=O)c3ccccc3C2=O)cc1.Cc1ccc(S(=O)(=O)CC(c2ccccc2)N2C(=O)c3ccccc3C2=O)cc1.OB(O)c1ccccc1. The maximum atomic E-state index is 13.1. The number of carbonyl (C=O) groups is 4. The van der Waals surface area contributed by atoms with Gasteiger partial charge in [-0.1, -0.05) is 360 Å². The summed E-state index contributed by atoms with van der Waals surface area (Å²) >= 11 is 0. The molecule has 0 fully saturated rings. The number of aryl methyl sites for hydroxylation is 2. The van der Waals surface area contributed by atoms with Gasteiger partial charge >= 0.3 is 7.12 Å². The second kappa shape index (κ2) is 37.1. The standard InChI is InChI=1S/C23H19NO4S.C22H22.2C20H18.C17H13NO4S.C6H7BO2/c1-16-11-13-18(14-12-16)29(27,28)15-21(17-7-3-2-4-8-17)24-22(25)19-9-5-6-10-20(19)23(24)26;1-21(2)20-14-19(17-12-8-5-9-13-17)22(21,3)15-18(20)16-10-6-4-7-11-16;1-3-7-15(8-4-1)17-11-13-20-18(12-14-19(17)20)16-9-5-2-6-10-16;1-3-7-15(8-4-1)19-13-18-12-11-17(19)14-20(18)16-9-5-2-6-10-16;1-12-6-8-13(9-7-12)23(21,22)11-10-18-16(19)14-4-2-3-5-15(14)17(18)20;8-7(9)6-4-2-1-3-5-6/h2-14,21H,15H2,1H3;4-15,20H,1-3H3;1-12,19-20H,13-14H2;1-10,13-14,17-18H,11-12H2;2-11H,1H3;1-5,8-9H/b;;;;11-10+;/t;;19-,20-;;;/m..0.../s1. The van der Waals surface area contributed by atoms with Crippen LogP contribution in [0.5, 0.6) is 0 Å². The van der Waals surface area contributed by atoms with Crippen molar-refractivity contribution in [2.24, 2.45) is 40.4 Å². The number of imide groups is 2. The van der Waals surface area contributed by atoms with Gasteiger partial charge in [0.15, 0.2) is 9.84 Å². The normalized spacial score (nSPS) is 19.8. The van der Waals surface area contributed by atoms with E-state index in [0.717, 1.165) is 32.5 Å². The van der Waals surface area contributed by atoms with E-state index in [2.05, 4.69) is 239 Å². The molecule has 4 amide bonds. The van der Waals surface area contributed by atoms with Gasteiger partial charge in [-0.25, -0.2) is 21.7 Å². The van der Waals surface area contributed by atoms with E-state index >= 15 is 0 Å². The highest BCUT2D eigenvalue weighted by molar-refractivity contribution is 7.94. The molecule has 21 rings (SSSR count). The van der Waals surface area contributed by atoms with E-state index in [0.29, 0.717) is 51.7 Å². The zero-order chi connectivity index (χ0) is 86.0. The van der Waals surface area contributed by atoms with Gasteiger partial charge in [0, 0.05) is 29.4 Å². The summed E-state index contributed by atoms with van der Waals surface area (Å²) in [5, 5.41) is 18.0. The lowest BCUT2D eigenvalue weighted by Crippen LogP contribution is -2.37. The molecular formula is C108H97BN2O10S2. The molecule has 123 heavy (non-hydrogen) atoms. The van der Waals surface area contributed by atoms with Gasteiger partial charge in [0.1, 0.15) is 0 Å². The first-order valence-electron chi connectivity index (χ1n) is 41.8. The van der Waals surface area contributed by atoms with Crippen molar-refractivity contribution >= 4 is 89.3 Å². The largest absolute Gasteiger partial charge is 0.488 e. The second-order valence-electron chi connectivity index (χ2n) is 32.8. The minimum atomic E-state index is -3.74. The summed E-state index contributed by atoms with van der Waals surface area (Å²) in [5.41, 5.74) is 22.0. The van der Waals surface area contributed by atoms with Crippen molar-refractivity contribution in [3.05, 3.63) is 460 Å². The van der Waals surface area contributed by atoms with Crippen LogP contribution in [-0.2, 0) is 19.7 Å². The molecule has 4 bridgehead atoms. The van der Waals surface area contributed by atoms with Crippen LogP contribution >= 0.6 is 0 Å². The fourth-order valence-corrected chi connectivity index (χ4v) is 20.5. The van der Waals surface area contributed by atoms with E-state index in [-0.39, 0.29) is 37.5 Å². The Balaban J connectivity index is 0.000000117. The third-order valence-corrected chi connectivity index (χ3v) is 28.1. The van der Waals surface area contributed by atoms with Gasteiger partial charge in [-0.3, -0.25) is 24.1 Å². The molecule has 0 spiro atoms. The number of amides is 4. The van der Waals surface area contributed by atoms with Crippen LogP contribution in [0.15, 0.2) is 398 Å². The molecule has 12 nitrogen and oxygen atoms in total. The van der Waals surface area contributed by atoms with Gasteiger partial charge < -0.3 is 10.0 Å². The van der Waals surface area contributed by atoms with E-state index in [1.165, 1.54) is 106 Å². The molecule has 15 heteroatoms. The number of hydrogen-bond donors (Lipinski definition) is 2. The highest BCUT2D eigenvalue weighted by Gasteiger charge is 2.57. The number of nitrogens with zero attached hydrogens (tertiary/aromatic N) is 2. The van der Waals surface area contributed by atoms with Crippen molar-refractivity contribution in [3.63, 3.8) is 0 Å². The van der Waals surface area contributed by atoms with Crippen LogP contribution in [0.3, 0.4) is 0 Å². The number of fused-ring (bicyclic) bond motifs is 6. The first-order valence-corrected chi connectivity index (χ1v) is 45.0. The summed E-state index contributed by atoms with van der Waals surface area (Å²) in [6.45, 7) is 11.0. The molecule has 0 aromatic heterocycles. The predicted octanol–water partition coefficient (Wildman–Crippen LogP) is 21.9. The Morgan fingerprint density at radius 3 is 1.11 bits per heavy atom. The number of hydrogen-bond acceptors (Lipinski definition) is 10. The Kier molecular flexibility index (Phi) is 25.7. The molecule has 2 aliphatic heterocycles. The summed E-state index contributed by atoms with van der Waals surface area (Å²) in [6, 6.07) is 108. The van der Waals surface area contributed by atoms with Gasteiger partial charge in [0.2, 0.25) is 9.84 Å². The Bertz CT molecular complexity index is 6130. The van der Waals surface area contributed by atoms with Gasteiger partial charge in [0.05, 0.1) is 49.2 Å². The molecule has 614 valence electrons. The van der Waals surface area contributed by atoms with Gasteiger partial charge in [-0.05, 0) is 183 Å². The summed E-state index contributed by atoms with van der Waals surface area (Å²) < 4.78 is 50.7. The number of sulfone groups is 2. The number of benzene rings is 12. The molecule has 2 N–H and O–H groups in total. The Morgan fingerprint density at radius 2 is 0.740 bits per heavy atom. The van der Waals surface area contributed by atoms with Crippen molar-refractivity contribution in [1.82, 2.24) is 9.80 Å². The number of carbonyl (C=O) groups excluding carboxylic acids is 4. The van der Waals surface area contributed by atoms with Crippen LogP contribution in [0.4, 0.5) is 0 Å². The Morgan fingerprint density at radius 1 is 0.398 bits per heavy atom. The molecule has 9 aliphatic rings. The Hall–Kier alpha value is -13.0. The average molecular weight is 1660 g/mol. The van der Waals surface area contributed by atoms with Gasteiger partial charge in [-0.2, -0.15) is 0 Å². The average Bonchev–Trinajstić information content (AvgIpc) is 1.53. The smallest absolute Gasteiger partial charge is 0.423 e. The van der Waals surface area contributed by atoms with Crippen LogP contribution in [0.2, 0.25) is 0 Å². The minimum Gasteiger partial charge on any atom is -0.423 e. The zero-order valence-corrected chi connectivity index (χ0v) is 71.0. The molecule has 5 unspecified atom stereocenters. The summed E-state index contributed by atoms with van der Waals surface area (Å²) in [5.74, 6) is 0.676. The molecule has 2 heterocycles. The topological polar surface area (TPSA) is 183 Å². The van der Waals surface area contributed by atoms with Gasteiger partial charge in [-0.15, -0.1) is 0 Å². The molecule has 7 atom stereocenters. The maximum Gasteiger partial charge on any atom is 0.488 e. The highest BCUT2D eigenvalue weighted by Crippen LogP contribution is 2.68. The van der Waals surface area contributed by atoms with Crippen molar-refractivity contribution in [1.29, 1.82) is 0 Å².